The van der Waals surface area contributed by atoms with Gasteiger partial charge < -0.3 is 9.73 Å². The Hall–Kier alpha value is -1.07. The molecule has 0 fully saturated rings. The van der Waals surface area contributed by atoms with Crippen LogP contribution >= 0.6 is 27.5 Å². The highest BCUT2D eigenvalue weighted by atomic mass is 79.9. The number of rotatable bonds is 3. The summed E-state index contributed by atoms with van der Waals surface area (Å²) < 4.78 is 31.8. The van der Waals surface area contributed by atoms with Crippen molar-refractivity contribution in [2.45, 2.75) is 6.54 Å². The standard InChI is InChI=1S/C11H7BrClF2NO/c12-7-3-9(15)10(4-8(7)14)16-5-6-1-2-11(13)17-6/h1-4,16H,5H2. The number of hydrogen-bond donors (Lipinski definition) is 1. The van der Waals surface area contributed by atoms with Gasteiger partial charge in [-0.25, -0.2) is 8.78 Å². The van der Waals surface area contributed by atoms with Crippen LogP contribution in [0.4, 0.5) is 14.5 Å². The van der Waals surface area contributed by atoms with Gasteiger partial charge in [0.15, 0.2) is 5.22 Å². The molecule has 1 aromatic carbocycles. The Bertz CT molecular complexity index is 544. The van der Waals surface area contributed by atoms with Crippen molar-refractivity contribution in [3.63, 3.8) is 0 Å². The Morgan fingerprint density at radius 2 is 2.00 bits per heavy atom. The molecule has 1 aromatic heterocycles. The minimum atomic E-state index is -0.545. The minimum Gasteiger partial charge on any atom is -0.448 e. The molecule has 17 heavy (non-hydrogen) atoms. The van der Waals surface area contributed by atoms with Gasteiger partial charge in [0.25, 0.3) is 0 Å². The molecule has 0 aliphatic rings. The average molecular weight is 323 g/mol. The van der Waals surface area contributed by atoms with Crippen molar-refractivity contribution in [3.05, 3.63) is 51.4 Å². The van der Waals surface area contributed by atoms with Crippen molar-refractivity contribution in [3.8, 4) is 0 Å². The van der Waals surface area contributed by atoms with E-state index in [1.54, 1.807) is 12.1 Å². The SMILES string of the molecule is Fc1cc(NCc2ccc(Cl)o2)c(F)cc1Br. The monoisotopic (exact) mass is 321 g/mol. The largest absolute Gasteiger partial charge is 0.448 e. The fourth-order valence-electron chi connectivity index (χ4n) is 1.29. The molecule has 2 rings (SSSR count). The molecular weight excluding hydrogens is 315 g/mol. The summed E-state index contributed by atoms with van der Waals surface area (Å²) in [6.45, 7) is 0.227. The Balaban J connectivity index is 2.11. The molecule has 0 radical (unpaired) electrons. The Morgan fingerprint density at radius 3 is 2.65 bits per heavy atom. The topological polar surface area (TPSA) is 25.2 Å². The summed E-state index contributed by atoms with van der Waals surface area (Å²) in [5.41, 5.74) is 0.0678. The Labute approximate surface area is 110 Å². The number of halogens is 4. The zero-order valence-corrected chi connectivity index (χ0v) is 10.8. The molecule has 90 valence electrons. The van der Waals surface area contributed by atoms with Crippen LogP contribution in [0.3, 0.4) is 0 Å². The molecule has 0 unspecified atom stereocenters. The molecule has 2 nitrogen and oxygen atoms in total. The van der Waals surface area contributed by atoms with Crippen LogP contribution < -0.4 is 5.32 Å². The summed E-state index contributed by atoms with van der Waals surface area (Å²) in [6, 6.07) is 5.37. The molecule has 0 spiro atoms. The maximum atomic E-state index is 13.4. The molecule has 1 heterocycles. The highest BCUT2D eigenvalue weighted by Gasteiger charge is 2.08. The molecule has 0 aliphatic carbocycles. The summed E-state index contributed by atoms with van der Waals surface area (Å²) in [5, 5.41) is 2.98. The normalized spacial score (nSPS) is 10.6. The molecule has 0 saturated heterocycles. The molecular formula is C11H7BrClF2NO. The van der Waals surface area contributed by atoms with E-state index in [1.807, 2.05) is 0 Å². The fraction of sp³-hybridized carbons (Fsp3) is 0.0909. The van der Waals surface area contributed by atoms with E-state index in [0.717, 1.165) is 12.1 Å². The van der Waals surface area contributed by atoms with Crippen LogP contribution in [0.2, 0.25) is 5.22 Å². The molecule has 0 aliphatic heterocycles. The maximum Gasteiger partial charge on any atom is 0.193 e. The zero-order chi connectivity index (χ0) is 12.4. The third kappa shape index (κ3) is 2.98. The first-order chi connectivity index (χ1) is 8.06. The van der Waals surface area contributed by atoms with Gasteiger partial charge in [0.1, 0.15) is 17.4 Å². The van der Waals surface area contributed by atoms with Gasteiger partial charge in [-0.3, -0.25) is 0 Å². The van der Waals surface area contributed by atoms with Gasteiger partial charge in [0, 0.05) is 6.07 Å². The lowest BCUT2D eigenvalue weighted by molar-refractivity contribution is 0.519. The predicted molar refractivity (Wildman–Crippen MR) is 65.1 cm³/mol. The van der Waals surface area contributed by atoms with Gasteiger partial charge in [-0.2, -0.15) is 0 Å². The fourth-order valence-corrected chi connectivity index (χ4v) is 1.76. The van der Waals surface area contributed by atoms with Crippen molar-refractivity contribution < 1.29 is 13.2 Å². The van der Waals surface area contributed by atoms with E-state index in [4.69, 9.17) is 16.0 Å². The molecule has 6 heteroatoms. The lowest BCUT2D eigenvalue weighted by Gasteiger charge is -2.06. The molecule has 0 atom stereocenters. The van der Waals surface area contributed by atoms with E-state index in [2.05, 4.69) is 21.2 Å². The zero-order valence-electron chi connectivity index (χ0n) is 8.44. The van der Waals surface area contributed by atoms with Crippen LogP contribution in [0.5, 0.6) is 0 Å². The van der Waals surface area contributed by atoms with Gasteiger partial charge in [-0.15, -0.1) is 0 Å². The van der Waals surface area contributed by atoms with E-state index in [0.29, 0.717) is 5.76 Å². The third-order valence-electron chi connectivity index (χ3n) is 2.09. The highest BCUT2D eigenvalue weighted by Crippen LogP contribution is 2.24. The third-order valence-corrected chi connectivity index (χ3v) is 2.90. The smallest absolute Gasteiger partial charge is 0.193 e. The molecule has 0 amide bonds. The highest BCUT2D eigenvalue weighted by molar-refractivity contribution is 9.10. The first kappa shape index (κ1) is 12.4. The molecule has 1 N–H and O–H groups in total. The van der Waals surface area contributed by atoms with Gasteiger partial charge >= 0.3 is 0 Å². The number of anilines is 1. The minimum absolute atomic E-state index is 0.0678. The second-order valence-electron chi connectivity index (χ2n) is 3.31. The van der Waals surface area contributed by atoms with E-state index < -0.39 is 11.6 Å². The average Bonchev–Trinajstić information content (AvgIpc) is 2.68. The van der Waals surface area contributed by atoms with E-state index in [1.165, 1.54) is 0 Å². The summed E-state index contributed by atoms with van der Waals surface area (Å²) in [5.74, 6) is -0.542. The number of furan rings is 1. The molecule has 2 aromatic rings. The number of nitrogens with one attached hydrogen (secondary N) is 1. The lowest BCUT2D eigenvalue weighted by Crippen LogP contribution is -2.01. The lowest BCUT2D eigenvalue weighted by atomic mass is 10.3. The van der Waals surface area contributed by atoms with Crippen LogP contribution in [0.1, 0.15) is 5.76 Å². The summed E-state index contributed by atoms with van der Waals surface area (Å²) in [7, 11) is 0. The second kappa shape index (κ2) is 5.06. The van der Waals surface area contributed by atoms with E-state index in [-0.39, 0.29) is 21.9 Å². The van der Waals surface area contributed by atoms with Gasteiger partial charge in [0.2, 0.25) is 0 Å². The first-order valence-electron chi connectivity index (χ1n) is 4.69. The molecule has 0 bridgehead atoms. The number of benzene rings is 1. The van der Waals surface area contributed by atoms with Gasteiger partial charge in [-0.1, -0.05) is 0 Å². The van der Waals surface area contributed by atoms with Crippen LogP contribution in [0.25, 0.3) is 0 Å². The first-order valence-corrected chi connectivity index (χ1v) is 5.86. The quantitative estimate of drug-likeness (QED) is 0.836. The van der Waals surface area contributed by atoms with Crippen LogP contribution in [-0.4, -0.2) is 0 Å². The summed E-state index contributed by atoms with van der Waals surface area (Å²) >= 11 is 8.49. The van der Waals surface area contributed by atoms with Crippen LogP contribution in [0, 0.1) is 11.6 Å². The van der Waals surface area contributed by atoms with Crippen molar-refractivity contribution in [1.82, 2.24) is 0 Å². The molecule has 0 saturated carbocycles. The van der Waals surface area contributed by atoms with Crippen LogP contribution in [-0.2, 0) is 6.54 Å². The second-order valence-corrected chi connectivity index (χ2v) is 4.53. The predicted octanol–water partition coefficient (Wildman–Crippen LogP) is 4.59. The van der Waals surface area contributed by atoms with Crippen molar-refractivity contribution in [2.24, 2.45) is 0 Å². The van der Waals surface area contributed by atoms with Crippen molar-refractivity contribution >= 4 is 33.2 Å². The van der Waals surface area contributed by atoms with Gasteiger partial charge in [-0.05, 0) is 45.7 Å². The Kier molecular flexibility index (Phi) is 3.69. The van der Waals surface area contributed by atoms with Crippen molar-refractivity contribution in [1.29, 1.82) is 0 Å². The Morgan fingerprint density at radius 1 is 1.24 bits per heavy atom. The summed E-state index contributed by atoms with van der Waals surface area (Å²) in [4.78, 5) is 0. The van der Waals surface area contributed by atoms with Crippen molar-refractivity contribution in [2.75, 3.05) is 5.32 Å². The van der Waals surface area contributed by atoms with Gasteiger partial charge in [0.05, 0.1) is 16.7 Å². The van der Waals surface area contributed by atoms with E-state index in [9.17, 15) is 8.78 Å². The maximum absolute atomic E-state index is 13.4. The summed E-state index contributed by atoms with van der Waals surface area (Å²) in [6.07, 6.45) is 0. The number of hydrogen-bond acceptors (Lipinski definition) is 2. The van der Waals surface area contributed by atoms with E-state index >= 15 is 0 Å². The van der Waals surface area contributed by atoms with Crippen LogP contribution in [0.15, 0.2) is 33.2 Å².